The number of aliphatic hydroxyl groups excluding tert-OH is 1. The number of anilines is 1. The number of aromatic nitrogens is 4. The number of ether oxygens (including phenoxy) is 1. The molecule has 0 atom stereocenters. The zero-order valence-electron chi connectivity index (χ0n) is 11.6. The summed E-state index contributed by atoms with van der Waals surface area (Å²) in [6, 6.07) is 10.1. The number of hydrogen-bond donors (Lipinski definition) is 2. The maximum atomic E-state index is 8.83. The lowest BCUT2D eigenvalue weighted by atomic mass is 10.2. The van der Waals surface area contributed by atoms with Gasteiger partial charge in [-0.25, -0.2) is 4.98 Å². The zero-order valence-corrected chi connectivity index (χ0v) is 13.2. The van der Waals surface area contributed by atoms with Crippen LogP contribution in [0, 0.1) is 0 Å². The molecular weight excluding hydrogens is 350 g/mol. The zero-order chi connectivity index (χ0) is 15.5. The first-order valence-electron chi connectivity index (χ1n) is 6.66. The van der Waals surface area contributed by atoms with Crippen molar-refractivity contribution in [1.82, 2.24) is 19.5 Å². The minimum Gasteiger partial charge on any atom is -0.461 e. The number of imidazole rings is 1. The molecule has 2 aromatic heterocycles. The molecule has 0 saturated heterocycles. The number of aliphatic hydroxyl groups is 1. The van der Waals surface area contributed by atoms with Gasteiger partial charge in [0.25, 0.3) is 0 Å². The normalized spacial score (nSPS) is 11.0. The van der Waals surface area contributed by atoms with E-state index in [2.05, 4.69) is 30.9 Å². The summed E-state index contributed by atoms with van der Waals surface area (Å²) in [6.07, 6.45) is 0. The molecule has 3 aromatic rings. The topological polar surface area (TPSA) is 99.1 Å². The highest BCUT2D eigenvalue weighted by molar-refractivity contribution is 9.10. The maximum Gasteiger partial charge on any atom is 0.320 e. The van der Waals surface area contributed by atoms with Crippen LogP contribution in [0.1, 0.15) is 5.56 Å². The molecule has 0 unspecified atom stereocenters. The van der Waals surface area contributed by atoms with Gasteiger partial charge in [-0.1, -0.05) is 30.3 Å². The Morgan fingerprint density at radius 1 is 1.18 bits per heavy atom. The molecule has 0 bridgehead atoms. The van der Waals surface area contributed by atoms with E-state index in [-0.39, 0.29) is 25.0 Å². The highest BCUT2D eigenvalue weighted by Gasteiger charge is 2.16. The Morgan fingerprint density at radius 2 is 1.95 bits per heavy atom. The Morgan fingerprint density at radius 3 is 2.68 bits per heavy atom. The molecule has 114 valence electrons. The highest BCUT2D eigenvalue weighted by atomic mass is 79.9. The third kappa shape index (κ3) is 2.88. The first kappa shape index (κ1) is 14.7. The van der Waals surface area contributed by atoms with E-state index in [1.165, 1.54) is 0 Å². The number of fused-ring (bicyclic) bond motifs is 1. The van der Waals surface area contributed by atoms with Crippen molar-refractivity contribution in [3.8, 4) is 6.01 Å². The van der Waals surface area contributed by atoms with E-state index in [0.717, 1.165) is 5.56 Å². The number of halogens is 1. The van der Waals surface area contributed by atoms with Crippen LogP contribution in [0.15, 0.2) is 35.1 Å². The molecule has 0 aliphatic heterocycles. The van der Waals surface area contributed by atoms with Crippen molar-refractivity contribution < 1.29 is 9.84 Å². The molecule has 0 amide bonds. The van der Waals surface area contributed by atoms with Crippen LogP contribution in [-0.2, 0) is 6.54 Å². The van der Waals surface area contributed by atoms with E-state index in [1.54, 1.807) is 0 Å². The van der Waals surface area contributed by atoms with Crippen molar-refractivity contribution in [1.29, 1.82) is 0 Å². The number of rotatable bonds is 5. The van der Waals surface area contributed by atoms with Gasteiger partial charge in [-0.05, 0) is 21.5 Å². The summed E-state index contributed by atoms with van der Waals surface area (Å²) in [5, 5.41) is 8.83. The molecule has 0 aliphatic rings. The number of nitrogens with zero attached hydrogens (tertiary/aromatic N) is 4. The molecule has 3 N–H and O–H groups in total. The molecule has 7 nitrogen and oxygen atoms in total. The second kappa shape index (κ2) is 6.29. The molecule has 0 spiro atoms. The number of hydrogen-bond acceptors (Lipinski definition) is 6. The van der Waals surface area contributed by atoms with Crippen LogP contribution in [-0.4, -0.2) is 37.8 Å². The summed E-state index contributed by atoms with van der Waals surface area (Å²) in [7, 11) is 0. The van der Waals surface area contributed by atoms with Crippen LogP contribution in [0.3, 0.4) is 0 Å². The highest BCUT2D eigenvalue weighted by Crippen LogP contribution is 2.25. The van der Waals surface area contributed by atoms with Gasteiger partial charge in [0.1, 0.15) is 6.61 Å². The van der Waals surface area contributed by atoms with E-state index in [0.29, 0.717) is 22.4 Å². The molecular formula is C14H14BrN5O2. The number of benzene rings is 1. The fourth-order valence-corrected chi connectivity index (χ4v) is 2.55. The predicted molar refractivity (Wildman–Crippen MR) is 85.6 cm³/mol. The molecule has 0 saturated carbocycles. The van der Waals surface area contributed by atoms with Crippen molar-refractivity contribution in [2.75, 3.05) is 18.9 Å². The molecule has 0 radical (unpaired) electrons. The van der Waals surface area contributed by atoms with Crippen LogP contribution in [0.25, 0.3) is 11.2 Å². The smallest absolute Gasteiger partial charge is 0.320 e. The summed E-state index contributed by atoms with van der Waals surface area (Å²) in [6.45, 7) is 0.584. The van der Waals surface area contributed by atoms with Crippen LogP contribution in [0.2, 0.25) is 0 Å². The summed E-state index contributed by atoms with van der Waals surface area (Å²) < 4.78 is 7.75. The summed E-state index contributed by atoms with van der Waals surface area (Å²) in [4.78, 5) is 12.7. The van der Waals surface area contributed by atoms with Crippen molar-refractivity contribution >= 4 is 32.9 Å². The van der Waals surface area contributed by atoms with Gasteiger partial charge in [-0.15, -0.1) is 0 Å². The van der Waals surface area contributed by atoms with Gasteiger partial charge in [-0.3, -0.25) is 4.57 Å². The van der Waals surface area contributed by atoms with Gasteiger partial charge >= 0.3 is 6.01 Å². The van der Waals surface area contributed by atoms with Gasteiger partial charge in [0.05, 0.1) is 13.2 Å². The monoisotopic (exact) mass is 363 g/mol. The second-order valence-corrected chi connectivity index (χ2v) is 5.30. The number of nitrogens with two attached hydrogens (primary N) is 1. The fraction of sp³-hybridized carbons (Fsp3) is 0.214. The second-order valence-electron chi connectivity index (χ2n) is 4.59. The van der Waals surface area contributed by atoms with Crippen molar-refractivity contribution in [3.05, 3.63) is 40.6 Å². The Balaban J connectivity index is 2.05. The Bertz CT molecular complexity index is 791. The first-order valence-corrected chi connectivity index (χ1v) is 7.45. The van der Waals surface area contributed by atoms with Crippen LogP contribution in [0.5, 0.6) is 6.01 Å². The quantitative estimate of drug-likeness (QED) is 0.667. The van der Waals surface area contributed by atoms with Crippen LogP contribution >= 0.6 is 15.9 Å². The van der Waals surface area contributed by atoms with Gasteiger partial charge in [0.2, 0.25) is 0 Å². The molecule has 2 heterocycles. The van der Waals surface area contributed by atoms with E-state index < -0.39 is 0 Å². The standard InChI is InChI=1S/C14H14BrN5O2/c15-13-17-10-11(16)18-14(22-7-6-21)19-12(10)20(13)8-9-4-2-1-3-5-9/h1-5,21H,6-8H2,(H2,16,18,19). The molecule has 1 aromatic carbocycles. The van der Waals surface area contributed by atoms with Crippen LogP contribution in [0.4, 0.5) is 5.82 Å². The molecule has 8 heteroatoms. The van der Waals surface area contributed by atoms with E-state index in [4.69, 9.17) is 15.6 Å². The average molecular weight is 364 g/mol. The minimum atomic E-state index is -0.117. The van der Waals surface area contributed by atoms with E-state index in [9.17, 15) is 0 Å². The van der Waals surface area contributed by atoms with E-state index in [1.807, 2.05) is 34.9 Å². The number of nitrogen functional groups attached to an aromatic ring is 1. The third-order valence-electron chi connectivity index (χ3n) is 3.06. The lowest BCUT2D eigenvalue weighted by Crippen LogP contribution is -2.08. The molecule has 22 heavy (non-hydrogen) atoms. The third-order valence-corrected chi connectivity index (χ3v) is 3.67. The largest absolute Gasteiger partial charge is 0.461 e. The van der Waals surface area contributed by atoms with Crippen molar-refractivity contribution in [2.45, 2.75) is 6.54 Å². The Kier molecular flexibility index (Phi) is 4.21. The summed E-state index contributed by atoms with van der Waals surface area (Å²) >= 11 is 3.43. The molecule has 0 fully saturated rings. The lowest BCUT2D eigenvalue weighted by Gasteiger charge is -2.07. The van der Waals surface area contributed by atoms with Crippen molar-refractivity contribution in [2.24, 2.45) is 0 Å². The van der Waals surface area contributed by atoms with Gasteiger partial charge in [0.15, 0.2) is 21.7 Å². The van der Waals surface area contributed by atoms with Gasteiger partial charge < -0.3 is 15.6 Å². The molecule has 3 rings (SSSR count). The molecule has 0 aliphatic carbocycles. The maximum absolute atomic E-state index is 8.83. The van der Waals surface area contributed by atoms with Gasteiger partial charge in [-0.2, -0.15) is 9.97 Å². The minimum absolute atomic E-state index is 0.110. The predicted octanol–water partition coefficient (Wildman–Crippen LogP) is 1.59. The van der Waals surface area contributed by atoms with E-state index >= 15 is 0 Å². The van der Waals surface area contributed by atoms with Gasteiger partial charge in [0, 0.05) is 0 Å². The van der Waals surface area contributed by atoms with Crippen molar-refractivity contribution in [3.63, 3.8) is 0 Å². The first-order chi connectivity index (χ1) is 10.7. The lowest BCUT2D eigenvalue weighted by molar-refractivity contribution is 0.192. The van der Waals surface area contributed by atoms with Crippen LogP contribution < -0.4 is 10.5 Å². The Hall–Kier alpha value is -2.19. The Labute approximate surface area is 134 Å². The summed E-state index contributed by atoms with van der Waals surface area (Å²) in [5.74, 6) is 0.241. The average Bonchev–Trinajstić information content (AvgIpc) is 2.83. The summed E-state index contributed by atoms with van der Waals surface area (Å²) in [5.41, 5.74) is 8.12. The fourth-order valence-electron chi connectivity index (χ4n) is 2.08. The SMILES string of the molecule is Nc1nc(OCCO)nc2c1nc(Br)n2Cc1ccccc1.